The van der Waals surface area contributed by atoms with Crippen LogP contribution in [-0.2, 0) is 14.8 Å². The van der Waals surface area contributed by atoms with Crippen molar-refractivity contribution in [3.05, 3.63) is 36.5 Å². The second-order valence-electron chi connectivity index (χ2n) is 5.47. The Balaban J connectivity index is 1.95. The third-order valence-electron chi connectivity index (χ3n) is 3.99. The van der Waals surface area contributed by atoms with Gasteiger partial charge >= 0.3 is 0 Å². The molecular weight excluding hydrogens is 302 g/mol. The van der Waals surface area contributed by atoms with Crippen molar-refractivity contribution in [3.63, 3.8) is 0 Å². The quantitative estimate of drug-likeness (QED) is 0.917. The highest BCUT2D eigenvalue weighted by atomic mass is 32.2. The maximum Gasteiger partial charge on any atom is 0.244 e. The topological polar surface area (TPSA) is 93.4 Å². The van der Waals surface area contributed by atoms with E-state index >= 15 is 0 Å². The Labute approximate surface area is 129 Å². The van der Waals surface area contributed by atoms with Crippen LogP contribution in [0.4, 0.5) is 0 Å². The molecule has 0 spiro atoms. The Bertz CT molecular complexity index is 820. The molecule has 1 aromatic carbocycles. The van der Waals surface area contributed by atoms with Crippen LogP contribution >= 0.6 is 0 Å². The standard InChI is InChI=1S/C15H17N3O3S/c16-15(19)12-5-3-7-18(10-12)22(20,21)13-8-11-4-1-2-6-14(11)17-9-13/h1-2,4,6,8-9,12H,3,5,7,10H2,(H2,16,19). The van der Waals surface area contributed by atoms with E-state index in [1.807, 2.05) is 24.3 Å². The highest BCUT2D eigenvalue weighted by Crippen LogP contribution is 2.25. The maximum atomic E-state index is 12.7. The normalized spacial score (nSPS) is 20.1. The number of piperidine rings is 1. The minimum atomic E-state index is -3.66. The van der Waals surface area contributed by atoms with Gasteiger partial charge in [-0.25, -0.2) is 8.42 Å². The number of hydrogen-bond donors (Lipinski definition) is 1. The Kier molecular flexibility index (Phi) is 3.84. The van der Waals surface area contributed by atoms with Gasteiger partial charge in [0.2, 0.25) is 15.9 Å². The number of rotatable bonds is 3. The molecule has 0 radical (unpaired) electrons. The van der Waals surface area contributed by atoms with E-state index in [4.69, 9.17) is 5.73 Å². The minimum absolute atomic E-state index is 0.143. The summed E-state index contributed by atoms with van der Waals surface area (Å²) in [6.07, 6.45) is 2.64. The molecule has 1 amide bonds. The summed E-state index contributed by atoms with van der Waals surface area (Å²) in [6, 6.07) is 8.96. The van der Waals surface area contributed by atoms with Gasteiger partial charge in [-0.2, -0.15) is 4.31 Å². The van der Waals surface area contributed by atoms with Crippen LogP contribution in [0.2, 0.25) is 0 Å². The number of carbonyl (C=O) groups is 1. The summed E-state index contributed by atoms with van der Waals surface area (Å²) >= 11 is 0. The molecule has 3 rings (SSSR count). The van der Waals surface area contributed by atoms with Gasteiger partial charge in [-0.05, 0) is 25.0 Å². The van der Waals surface area contributed by atoms with Crippen molar-refractivity contribution in [2.45, 2.75) is 17.7 Å². The number of aromatic nitrogens is 1. The number of nitrogens with two attached hydrogens (primary N) is 1. The monoisotopic (exact) mass is 319 g/mol. The summed E-state index contributed by atoms with van der Waals surface area (Å²) in [5, 5.41) is 0.770. The number of nitrogens with zero attached hydrogens (tertiary/aromatic N) is 2. The largest absolute Gasteiger partial charge is 0.369 e. The number of hydrogen-bond acceptors (Lipinski definition) is 4. The van der Waals surface area contributed by atoms with E-state index in [2.05, 4.69) is 4.98 Å². The van der Waals surface area contributed by atoms with Crippen LogP contribution in [0.5, 0.6) is 0 Å². The average molecular weight is 319 g/mol. The second kappa shape index (κ2) is 5.66. The van der Waals surface area contributed by atoms with Crippen LogP contribution in [0.3, 0.4) is 0 Å². The molecule has 2 aromatic rings. The molecule has 0 bridgehead atoms. The van der Waals surface area contributed by atoms with Crippen LogP contribution < -0.4 is 5.73 Å². The van der Waals surface area contributed by atoms with E-state index in [0.717, 1.165) is 10.9 Å². The molecule has 1 aromatic heterocycles. The fourth-order valence-electron chi connectivity index (χ4n) is 2.73. The third kappa shape index (κ3) is 2.69. The van der Waals surface area contributed by atoms with Gasteiger partial charge in [0.05, 0.1) is 11.4 Å². The molecular formula is C15H17N3O3S. The summed E-state index contributed by atoms with van der Waals surface area (Å²) in [5.41, 5.74) is 6.06. The van der Waals surface area contributed by atoms with Crippen LogP contribution in [-0.4, -0.2) is 36.7 Å². The van der Waals surface area contributed by atoms with Gasteiger partial charge in [-0.3, -0.25) is 9.78 Å². The first kappa shape index (κ1) is 14.9. The molecule has 7 heteroatoms. The number of pyridine rings is 1. The van der Waals surface area contributed by atoms with Crippen molar-refractivity contribution >= 4 is 26.8 Å². The number of para-hydroxylation sites is 1. The molecule has 0 saturated carbocycles. The summed E-state index contributed by atoms with van der Waals surface area (Å²) < 4.78 is 26.8. The van der Waals surface area contributed by atoms with Crippen LogP contribution in [0.1, 0.15) is 12.8 Å². The number of benzene rings is 1. The SMILES string of the molecule is NC(=O)C1CCCN(S(=O)(=O)c2cnc3ccccc3c2)C1. The Hall–Kier alpha value is -1.99. The zero-order valence-corrected chi connectivity index (χ0v) is 12.8. The fourth-order valence-corrected chi connectivity index (χ4v) is 4.24. The fraction of sp³-hybridized carbons (Fsp3) is 0.333. The van der Waals surface area contributed by atoms with Crippen LogP contribution in [0, 0.1) is 5.92 Å². The van der Waals surface area contributed by atoms with Gasteiger partial charge in [0.15, 0.2) is 0 Å². The molecule has 0 aliphatic carbocycles. The predicted molar refractivity (Wildman–Crippen MR) is 82.4 cm³/mol. The van der Waals surface area contributed by atoms with E-state index in [0.29, 0.717) is 19.4 Å². The molecule has 22 heavy (non-hydrogen) atoms. The average Bonchev–Trinajstić information content (AvgIpc) is 2.54. The van der Waals surface area contributed by atoms with Gasteiger partial charge < -0.3 is 5.73 Å². The molecule has 1 unspecified atom stereocenters. The van der Waals surface area contributed by atoms with E-state index in [-0.39, 0.29) is 11.4 Å². The Morgan fingerprint density at radius 3 is 2.86 bits per heavy atom. The van der Waals surface area contributed by atoms with E-state index < -0.39 is 21.8 Å². The summed E-state index contributed by atoms with van der Waals surface area (Å²) in [7, 11) is -3.66. The van der Waals surface area contributed by atoms with Crippen molar-refractivity contribution in [3.8, 4) is 0 Å². The van der Waals surface area contributed by atoms with E-state index in [1.165, 1.54) is 10.5 Å². The Morgan fingerprint density at radius 1 is 1.32 bits per heavy atom. The van der Waals surface area contributed by atoms with Gasteiger partial charge in [0.25, 0.3) is 0 Å². The molecule has 1 aliphatic rings. The number of amides is 1. The summed E-state index contributed by atoms with van der Waals surface area (Å²) in [5.74, 6) is -0.867. The molecule has 2 heterocycles. The first-order chi connectivity index (χ1) is 10.5. The van der Waals surface area contributed by atoms with Gasteiger partial charge in [-0.1, -0.05) is 18.2 Å². The number of primary amides is 1. The van der Waals surface area contributed by atoms with E-state index in [1.54, 1.807) is 6.07 Å². The molecule has 6 nitrogen and oxygen atoms in total. The van der Waals surface area contributed by atoms with Crippen molar-refractivity contribution in [1.29, 1.82) is 0 Å². The summed E-state index contributed by atoms with van der Waals surface area (Å²) in [4.78, 5) is 15.7. The maximum absolute atomic E-state index is 12.7. The molecule has 1 saturated heterocycles. The smallest absolute Gasteiger partial charge is 0.244 e. The summed E-state index contributed by atoms with van der Waals surface area (Å²) in [6.45, 7) is 0.545. The first-order valence-electron chi connectivity index (χ1n) is 7.13. The van der Waals surface area contributed by atoms with Crippen LogP contribution in [0.15, 0.2) is 41.4 Å². The van der Waals surface area contributed by atoms with Crippen molar-refractivity contribution in [2.24, 2.45) is 11.7 Å². The lowest BCUT2D eigenvalue weighted by molar-refractivity contribution is -0.122. The molecule has 116 valence electrons. The van der Waals surface area contributed by atoms with Crippen molar-refractivity contribution in [2.75, 3.05) is 13.1 Å². The van der Waals surface area contributed by atoms with Gasteiger partial charge in [0.1, 0.15) is 4.90 Å². The molecule has 1 atom stereocenters. The highest BCUT2D eigenvalue weighted by molar-refractivity contribution is 7.89. The number of carbonyl (C=O) groups excluding carboxylic acids is 1. The minimum Gasteiger partial charge on any atom is -0.369 e. The second-order valence-corrected chi connectivity index (χ2v) is 7.41. The lowest BCUT2D eigenvalue weighted by Crippen LogP contribution is -2.44. The highest BCUT2D eigenvalue weighted by Gasteiger charge is 2.32. The van der Waals surface area contributed by atoms with Gasteiger partial charge in [-0.15, -0.1) is 0 Å². The van der Waals surface area contributed by atoms with Gasteiger partial charge in [0, 0.05) is 24.7 Å². The van der Waals surface area contributed by atoms with Crippen LogP contribution in [0.25, 0.3) is 10.9 Å². The molecule has 1 aliphatic heterocycles. The third-order valence-corrected chi connectivity index (χ3v) is 5.82. The first-order valence-corrected chi connectivity index (χ1v) is 8.57. The number of fused-ring (bicyclic) bond motifs is 1. The van der Waals surface area contributed by atoms with Crippen molar-refractivity contribution in [1.82, 2.24) is 9.29 Å². The predicted octanol–water partition coefficient (Wildman–Crippen LogP) is 1.12. The molecule has 2 N–H and O–H groups in total. The lowest BCUT2D eigenvalue weighted by atomic mass is 9.99. The molecule has 1 fully saturated rings. The van der Waals surface area contributed by atoms with E-state index in [9.17, 15) is 13.2 Å². The lowest BCUT2D eigenvalue weighted by Gasteiger charge is -2.30. The Morgan fingerprint density at radius 2 is 2.09 bits per heavy atom. The zero-order valence-electron chi connectivity index (χ0n) is 12.0. The van der Waals surface area contributed by atoms with Crippen molar-refractivity contribution < 1.29 is 13.2 Å². The number of sulfonamides is 1. The zero-order chi connectivity index (χ0) is 15.7.